The van der Waals surface area contributed by atoms with Gasteiger partial charge in [0.1, 0.15) is 0 Å². The Balaban J connectivity index is 2.21. The van der Waals surface area contributed by atoms with Crippen molar-refractivity contribution in [2.75, 3.05) is 6.61 Å². The molecule has 3 unspecified atom stereocenters. The van der Waals surface area contributed by atoms with Crippen molar-refractivity contribution in [3.05, 3.63) is 11.1 Å². The molecule has 3 atom stereocenters. The molecule has 0 amide bonds. The molecule has 2 aliphatic rings. The molecule has 1 nitrogen and oxygen atoms in total. The molecular weight excluding hydrogens is 220 g/mol. The normalized spacial score (nSPS) is 38.2. The lowest BCUT2D eigenvalue weighted by Gasteiger charge is -2.51. The maximum atomic E-state index is 9.50. The first-order valence-electron chi connectivity index (χ1n) is 7.81. The molecule has 1 N–H and O–H groups in total. The number of hydrogen-bond donors (Lipinski definition) is 1. The maximum absolute atomic E-state index is 9.50. The molecule has 104 valence electrons. The van der Waals surface area contributed by atoms with Gasteiger partial charge in [0.05, 0.1) is 6.61 Å². The summed E-state index contributed by atoms with van der Waals surface area (Å²) in [6, 6.07) is 0. The molecule has 18 heavy (non-hydrogen) atoms. The highest BCUT2D eigenvalue weighted by molar-refractivity contribution is 5.19. The zero-order chi connectivity index (χ0) is 13.3. The van der Waals surface area contributed by atoms with Gasteiger partial charge in [-0.2, -0.15) is 0 Å². The lowest BCUT2D eigenvalue weighted by atomic mass is 9.54. The fourth-order valence-corrected chi connectivity index (χ4v) is 4.31. The molecule has 2 fully saturated rings. The molecular formula is C17H30O. The predicted molar refractivity (Wildman–Crippen MR) is 77.4 cm³/mol. The molecule has 0 spiro atoms. The van der Waals surface area contributed by atoms with Gasteiger partial charge in [0.2, 0.25) is 0 Å². The summed E-state index contributed by atoms with van der Waals surface area (Å²) in [5.41, 5.74) is 3.38. The van der Waals surface area contributed by atoms with Crippen LogP contribution >= 0.6 is 0 Å². The fourth-order valence-electron chi connectivity index (χ4n) is 4.31. The van der Waals surface area contributed by atoms with Gasteiger partial charge < -0.3 is 5.11 Å². The lowest BCUT2D eigenvalue weighted by molar-refractivity contribution is 0.00682. The summed E-state index contributed by atoms with van der Waals surface area (Å²) in [6.07, 6.45) is 7.73. The van der Waals surface area contributed by atoms with Gasteiger partial charge in [-0.3, -0.25) is 0 Å². The van der Waals surface area contributed by atoms with Crippen molar-refractivity contribution in [1.82, 2.24) is 0 Å². The molecule has 0 radical (unpaired) electrons. The Kier molecular flexibility index (Phi) is 4.21. The van der Waals surface area contributed by atoms with Crippen molar-refractivity contribution in [3.63, 3.8) is 0 Å². The molecule has 0 aromatic heterocycles. The summed E-state index contributed by atoms with van der Waals surface area (Å²) in [7, 11) is 0. The van der Waals surface area contributed by atoms with Gasteiger partial charge in [-0.1, -0.05) is 33.3 Å². The third-order valence-corrected chi connectivity index (χ3v) is 6.17. The van der Waals surface area contributed by atoms with E-state index in [0.29, 0.717) is 5.41 Å². The first-order chi connectivity index (χ1) is 8.50. The molecule has 0 saturated heterocycles. The van der Waals surface area contributed by atoms with Crippen LogP contribution < -0.4 is 0 Å². The summed E-state index contributed by atoms with van der Waals surface area (Å²) in [4.78, 5) is 0. The Morgan fingerprint density at radius 1 is 1.28 bits per heavy atom. The van der Waals surface area contributed by atoms with E-state index in [-0.39, 0.29) is 6.61 Å². The number of rotatable bonds is 2. The highest BCUT2D eigenvalue weighted by Gasteiger charge is 2.44. The number of fused-ring (bicyclic) bond motifs is 1. The smallest absolute Gasteiger partial charge is 0.0644 e. The van der Waals surface area contributed by atoms with Gasteiger partial charge in [-0.25, -0.2) is 0 Å². The second kappa shape index (κ2) is 5.36. The van der Waals surface area contributed by atoms with Crippen LogP contribution in [0, 0.1) is 23.2 Å². The minimum absolute atomic E-state index is 0.277. The maximum Gasteiger partial charge on any atom is 0.0644 e. The van der Waals surface area contributed by atoms with Crippen molar-refractivity contribution < 1.29 is 5.11 Å². The van der Waals surface area contributed by atoms with Crippen molar-refractivity contribution in [2.45, 2.75) is 66.2 Å². The Bertz CT molecular complexity index is 321. The van der Waals surface area contributed by atoms with E-state index in [1.54, 1.807) is 5.57 Å². The van der Waals surface area contributed by atoms with Gasteiger partial charge in [0.25, 0.3) is 0 Å². The van der Waals surface area contributed by atoms with E-state index in [4.69, 9.17) is 0 Å². The van der Waals surface area contributed by atoms with E-state index in [0.717, 1.165) is 24.2 Å². The average Bonchev–Trinajstić information content (AvgIpc) is 2.36. The third-order valence-electron chi connectivity index (χ3n) is 6.17. The molecule has 0 heterocycles. The molecule has 0 bridgehead atoms. The van der Waals surface area contributed by atoms with E-state index in [1.165, 1.54) is 37.7 Å². The minimum atomic E-state index is 0.277. The molecule has 0 aliphatic heterocycles. The number of aliphatic hydroxyl groups excluding tert-OH is 1. The summed E-state index contributed by atoms with van der Waals surface area (Å²) in [5, 5.41) is 9.50. The van der Waals surface area contributed by atoms with Gasteiger partial charge in [0, 0.05) is 0 Å². The predicted octanol–water partition coefficient (Wildman–Crippen LogP) is 4.56. The quantitative estimate of drug-likeness (QED) is 0.712. The highest BCUT2D eigenvalue weighted by Crippen LogP contribution is 2.54. The van der Waals surface area contributed by atoms with Crippen LogP contribution in [-0.2, 0) is 0 Å². The van der Waals surface area contributed by atoms with Crippen molar-refractivity contribution >= 4 is 0 Å². The highest BCUT2D eigenvalue weighted by atomic mass is 16.3. The number of allylic oxidation sites excluding steroid dienone is 1. The summed E-state index contributed by atoms with van der Waals surface area (Å²) < 4.78 is 0. The number of hydrogen-bond acceptors (Lipinski definition) is 1. The first-order valence-corrected chi connectivity index (χ1v) is 7.81. The summed E-state index contributed by atoms with van der Waals surface area (Å²) in [5.74, 6) is 2.63. The summed E-state index contributed by atoms with van der Waals surface area (Å²) in [6.45, 7) is 9.84. The van der Waals surface area contributed by atoms with Gasteiger partial charge >= 0.3 is 0 Å². The van der Waals surface area contributed by atoms with Gasteiger partial charge in [0.15, 0.2) is 0 Å². The summed E-state index contributed by atoms with van der Waals surface area (Å²) >= 11 is 0. The molecule has 2 aliphatic carbocycles. The van der Waals surface area contributed by atoms with Gasteiger partial charge in [-0.15, -0.1) is 0 Å². The van der Waals surface area contributed by atoms with Crippen LogP contribution in [0.2, 0.25) is 0 Å². The van der Waals surface area contributed by atoms with E-state index < -0.39 is 0 Å². The molecule has 0 aromatic carbocycles. The molecule has 2 rings (SSSR count). The zero-order valence-electron chi connectivity index (χ0n) is 12.6. The monoisotopic (exact) mass is 250 g/mol. The lowest BCUT2D eigenvalue weighted by Crippen LogP contribution is -2.42. The van der Waals surface area contributed by atoms with Crippen LogP contribution in [0.25, 0.3) is 0 Å². The Morgan fingerprint density at radius 2 is 2.00 bits per heavy atom. The Labute approximate surface area is 113 Å². The Hall–Kier alpha value is -0.300. The first kappa shape index (κ1) is 14.1. The van der Waals surface area contributed by atoms with E-state index in [9.17, 15) is 5.11 Å². The zero-order valence-corrected chi connectivity index (χ0v) is 12.6. The third kappa shape index (κ3) is 2.39. The molecule has 0 aromatic rings. The largest absolute Gasteiger partial charge is 0.392 e. The van der Waals surface area contributed by atoms with Crippen LogP contribution in [-0.4, -0.2) is 11.7 Å². The molecule has 1 heteroatoms. The number of aliphatic hydroxyl groups is 1. The SMILES string of the molecule is CC/C(CO)=C1/CCC2CCC(C)C(C)(C)C2C1. The van der Waals surface area contributed by atoms with Crippen molar-refractivity contribution in [3.8, 4) is 0 Å². The average molecular weight is 250 g/mol. The van der Waals surface area contributed by atoms with Gasteiger partial charge in [-0.05, 0) is 67.3 Å². The van der Waals surface area contributed by atoms with Crippen LogP contribution in [0.1, 0.15) is 66.2 Å². The van der Waals surface area contributed by atoms with E-state index in [2.05, 4.69) is 27.7 Å². The van der Waals surface area contributed by atoms with E-state index in [1.807, 2.05) is 0 Å². The fraction of sp³-hybridized carbons (Fsp3) is 0.882. The molecule has 2 saturated carbocycles. The van der Waals surface area contributed by atoms with Crippen LogP contribution in [0.5, 0.6) is 0 Å². The standard InChI is InChI=1S/C17H30O/c1-5-13(11-18)15-9-8-14-7-6-12(2)17(3,4)16(14)10-15/h12,14,16,18H,5-11H2,1-4H3/b15-13+. The second-order valence-electron chi connectivity index (χ2n) is 7.13. The van der Waals surface area contributed by atoms with Crippen LogP contribution in [0.4, 0.5) is 0 Å². The van der Waals surface area contributed by atoms with Crippen LogP contribution in [0.3, 0.4) is 0 Å². The Morgan fingerprint density at radius 3 is 2.61 bits per heavy atom. The van der Waals surface area contributed by atoms with Crippen LogP contribution in [0.15, 0.2) is 11.1 Å². The van der Waals surface area contributed by atoms with Crippen molar-refractivity contribution in [1.29, 1.82) is 0 Å². The van der Waals surface area contributed by atoms with E-state index >= 15 is 0 Å². The minimum Gasteiger partial charge on any atom is -0.392 e. The topological polar surface area (TPSA) is 20.2 Å². The van der Waals surface area contributed by atoms with Crippen molar-refractivity contribution in [2.24, 2.45) is 23.2 Å². The second-order valence-corrected chi connectivity index (χ2v) is 7.13.